The van der Waals surface area contributed by atoms with Gasteiger partial charge in [-0.25, -0.2) is 4.39 Å². The van der Waals surface area contributed by atoms with Gasteiger partial charge in [0.05, 0.1) is 15.9 Å². The van der Waals surface area contributed by atoms with E-state index in [1.165, 1.54) is 12.1 Å². The summed E-state index contributed by atoms with van der Waals surface area (Å²) in [5.74, 6) is 0.738. The second-order valence-electron chi connectivity index (χ2n) is 4.20. The Kier molecular flexibility index (Phi) is 5.05. The van der Waals surface area contributed by atoms with E-state index in [4.69, 9.17) is 15.2 Å². The summed E-state index contributed by atoms with van der Waals surface area (Å²) >= 11 is 2.17. The SMILES string of the molecule is CCCOc1cc(Oc2ccccc2I)c(N)cc1F. The molecule has 2 aromatic carbocycles. The molecule has 0 spiro atoms. The number of hydrogen-bond donors (Lipinski definition) is 1. The first-order valence-electron chi connectivity index (χ1n) is 6.26. The van der Waals surface area contributed by atoms with Crippen molar-refractivity contribution in [3.63, 3.8) is 0 Å². The van der Waals surface area contributed by atoms with E-state index in [-0.39, 0.29) is 11.4 Å². The van der Waals surface area contributed by atoms with Gasteiger partial charge in [0.15, 0.2) is 17.3 Å². The zero-order valence-corrected chi connectivity index (χ0v) is 13.2. The fourth-order valence-corrected chi connectivity index (χ4v) is 2.10. The minimum atomic E-state index is -0.481. The van der Waals surface area contributed by atoms with Crippen molar-refractivity contribution in [2.75, 3.05) is 12.3 Å². The summed E-state index contributed by atoms with van der Waals surface area (Å²) < 4.78 is 25.7. The van der Waals surface area contributed by atoms with Crippen LogP contribution in [-0.4, -0.2) is 6.61 Å². The molecular weight excluding hydrogens is 372 g/mol. The molecule has 0 amide bonds. The molecular formula is C15H15FINO2. The third kappa shape index (κ3) is 3.53. The van der Waals surface area contributed by atoms with Crippen LogP contribution in [0.2, 0.25) is 0 Å². The second-order valence-corrected chi connectivity index (χ2v) is 5.36. The third-order valence-corrected chi connectivity index (χ3v) is 3.47. The monoisotopic (exact) mass is 387 g/mol. The lowest BCUT2D eigenvalue weighted by Crippen LogP contribution is -2.00. The molecule has 0 aromatic heterocycles. The first-order chi connectivity index (χ1) is 9.61. The molecule has 0 aliphatic carbocycles. The molecule has 106 valence electrons. The van der Waals surface area contributed by atoms with Crippen molar-refractivity contribution in [3.05, 3.63) is 45.8 Å². The van der Waals surface area contributed by atoms with Crippen molar-refractivity contribution in [2.45, 2.75) is 13.3 Å². The molecule has 3 nitrogen and oxygen atoms in total. The average molecular weight is 387 g/mol. The van der Waals surface area contributed by atoms with Crippen LogP contribution in [0.3, 0.4) is 0 Å². The maximum atomic E-state index is 13.7. The molecule has 0 saturated carbocycles. The van der Waals surface area contributed by atoms with E-state index in [0.717, 1.165) is 9.99 Å². The fraction of sp³-hybridized carbons (Fsp3) is 0.200. The van der Waals surface area contributed by atoms with Crippen molar-refractivity contribution < 1.29 is 13.9 Å². The Hall–Kier alpha value is -1.50. The molecule has 0 saturated heterocycles. The topological polar surface area (TPSA) is 44.5 Å². The molecule has 0 aliphatic rings. The molecule has 2 N–H and O–H groups in total. The maximum absolute atomic E-state index is 13.7. The number of benzene rings is 2. The summed E-state index contributed by atoms with van der Waals surface area (Å²) in [5, 5.41) is 0. The van der Waals surface area contributed by atoms with E-state index in [2.05, 4.69) is 22.6 Å². The molecule has 20 heavy (non-hydrogen) atoms. The first-order valence-corrected chi connectivity index (χ1v) is 7.34. The Morgan fingerprint density at radius 2 is 1.90 bits per heavy atom. The largest absolute Gasteiger partial charge is 0.490 e. The van der Waals surface area contributed by atoms with Gasteiger partial charge in [-0.05, 0) is 41.1 Å². The van der Waals surface area contributed by atoms with Crippen LogP contribution in [-0.2, 0) is 0 Å². The number of para-hydroxylation sites is 1. The Morgan fingerprint density at radius 3 is 2.60 bits per heavy atom. The Bertz CT molecular complexity index is 604. The minimum absolute atomic E-state index is 0.155. The van der Waals surface area contributed by atoms with Crippen LogP contribution in [0, 0.1) is 9.39 Å². The Morgan fingerprint density at radius 1 is 1.15 bits per heavy atom. The molecule has 0 atom stereocenters. The van der Waals surface area contributed by atoms with Crippen molar-refractivity contribution in [3.8, 4) is 17.2 Å². The number of ether oxygens (including phenoxy) is 2. The summed E-state index contributed by atoms with van der Waals surface area (Å²) in [6.07, 6.45) is 0.802. The van der Waals surface area contributed by atoms with Gasteiger partial charge in [-0.2, -0.15) is 0 Å². The van der Waals surface area contributed by atoms with Crippen LogP contribution < -0.4 is 15.2 Å². The highest BCUT2D eigenvalue weighted by Gasteiger charge is 2.12. The summed E-state index contributed by atoms with van der Waals surface area (Å²) in [5.41, 5.74) is 6.04. The number of halogens is 2. The normalized spacial score (nSPS) is 10.3. The molecule has 2 aromatic rings. The highest BCUT2D eigenvalue weighted by atomic mass is 127. The molecule has 2 rings (SSSR count). The van der Waals surface area contributed by atoms with E-state index < -0.39 is 5.82 Å². The molecule has 0 bridgehead atoms. The lowest BCUT2D eigenvalue weighted by atomic mass is 10.2. The van der Waals surface area contributed by atoms with E-state index in [0.29, 0.717) is 18.1 Å². The van der Waals surface area contributed by atoms with E-state index >= 15 is 0 Å². The van der Waals surface area contributed by atoms with Crippen LogP contribution in [0.1, 0.15) is 13.3 Å². The second kappa shape index (κ2) is 6.78. The van der Waals surface area contributed by atoms with E-state index in [9.17, 15) is 4.39 Å². The first kappa shape index (κ1) is 14.9. The van der Waals surface area contributed by atoms with Gasteiger partial charge in [0, 0.05) is 12.1 Å². The van der Waals surface area contributed by atoms with Gasteiger partial charge in [-0.15, -0.1) is 0 Å². The zero-order chi connectivity index (χ0) is 14.5. The zero-order valence-electron chi connectivity index (χ0n) is 11.0. The van der Waals surface area contributed by atoms with E-state index in [1.54, 1.807) is 0 Å². The number of nitrogens with two attached hydrogens (primary N) is 1. The van der Waals surface area contributed by atoms with Gasteiger partial charge in [0.25, 0.3) is 0 Å². The van der Waals surface area contributed by atoms with Crippen LogP contribution >= 0.6 is 22.6 Å². The van der Waals surface area contributed by atoms with Crippen molar-refractivity contribution in [2.24, 2.45) is 0 Å². The van der Waals surface area contributed by atoms with Crippen molar-refractivity contribution in [1.82, 2.24) is 0 Å². The number of rotatable bonds is 5. The highest BCUT2D eigenvalue weighted by molar-refractivity contribution is 14.1. The smallest absolute Gasteiger partial charge is 0.167 e. The van der Waals surface area contributed by atoms with Crippen molar-refractivity contribution in [1.29, 1.82) is 0 Å². The lowest BCUT2D eigenvalue weighted by Gasteiger charge is -2.13. The summed E-state index contributed by atoms with van der Waals surface area (Å²) in [6.45, 7) is 2.40. The predicted octanol–water partition coefficient (Wildman–Crippen LogP) is 4.59. The number of hydrogen-bond acceptors (Lipinski definition) is 3. The molecule has 0 unspecified atom stereocenters. The highest BCUT2D eigenvalue weighted by Crippen LogP contribution is 2.35. The Balaban J connectivity index is 2.29. The number of anilines is 1. The van der Waals surface area contributed by atoms with Gasteiger partial charge in [-0.1, -0.05) is 19.1 Å². The van der Waals surface area contributed by atoms with Gasteiger partial charge in [0.1, 0.15) is 5.75 Å². The fourth-order valence-electron chi connectivity index (χ4n) is 1.61. The molecule has 0 fully saturated rings. The predicted molar refractivity (Wildman–Crippen MR) is 85.8 cm³/mol. The molecule has 5 heteroatoms. The van der Waals surface area contributed by atoms with Gasteiger partial charge < -0.3 is 15.2 Å². The van der Waals surface area contributed by atoms with Crippen LogP contribution in [0.15, 0.2) is 36.4 Å². The number of nitrogen functional groups attached to an aromatic ring is 1. The Labute approximate surface area is 131 Å². The van der Waals surface area contributed by atoms with Gasteiger partial charge in [-0.3, -0.25) is 0 Å². The van der Waals surface area contributed by atoms with E-state index in [1.807, 2.05) is 31.2 Å². The molecule has 0 aliphatic heterocycles. The van der Waals surface area contributed by atoms with Gasteiger partial charge >= 0.3 is 0 Å². The molecule has 0 heterocycles. The third-order valence-electron chi connectivity index (χ3n) is 2.58. The summed E-state index contributed by atoms with van der Waals surface area (Å²) in [7, 11) is 0. The standard InChI is InChI=1S/C15H15FINO2/c1-2-7-19-14-9-15(12(18)8-10(14)16)20-13-6-4-3-5-11(13)17/h3-6,8-9H,2,7,18H2,1H3. The summed E-state index contributed by atoms with van der Waals surface area (Å²) in [4.78, 5) is 0. The van der Waals surface area contributed by atoms with Crippen LogP contribution in [0.5, 0.6) is 17.2 Å². The summed E-state index contributed by atoms with van der Waals surface area (Å²) in [6, 6.07) is 10.2. The maximum Gasteiger partial charge on any atom is 0.167 e. The molecule has 0 radical (unpaired) electrons. The average Bonchev–Trinajstić information content (AvgIpc) is 2.43. The minimum Gasteiger partial charge on any atom is -0.490 e. The van der Waals surface area contributed by atoms with Crippen LogP contribution in [0.25, 0.3) is 0 Å². The quantitative estimate of drug-likeness (QED) is 0.603. The lowest BCUT2D eigenvalue weighted by molar-refractivity contribution is 0.299. The van der Waals surface area contributed by atoms with Crippen LogP contribution in [0.4, 0.5) is 10.1 Å². The van der Waals surface area contributed by atoms with Gasteiger partial charge in [0.2, 0.25) is 0 Å². The van der Waals surface area contributed by atoms with Crippen molar-refractivity contribution >= 4 is 28.3 Å².